The zero-order valence-electron chi connectivity index (χ0n) is 18.2. The van der Waals surface area contributed by atoms with Crippen LogP contribution in [0.15, 0.2) is 137 Å². The molecule has 0 unspecified atom stereocenters. The summed E-state index contributed by atoms with van der Waals surface area (Å²) < 4.78 is 0. The first-order valence-electron chi connectivity index (χ1n) is 11.4. The van der Waals surface area contributed by atoms with Crippen LogP contribution in [-0.4, -0.2) is 5.66 Å². The average molecular weight is 452 g/mol. The maximum Gasteiger partial charge on any atom is 0.118 e. The van der Waals surface area contributed by atoms with Crippen molar-refractivity contribution in [2.45, 2.75) is 29.8 Å². The van der Waals surface area contributed by atoms with E-state index >= 15 is 0 Å². The highest BCUT2D eigenvalue weighted by Gasteiger charge is 2.51. The van der Waals surface area contributed by atoms with E-state index in [4.69, 9.17) is 0 Å². The molecule has 0 saturated heterocycles. The minimum atomic E-state index is -1.86. The summed E-state index contributed by atoms with van der Waals surface area (Å²) in [6.45, 7) is 0. The summed E-state index contributed by atoms with van der Waals surface area (Å²) in [5, 5.41) is 4.43. The van der Waals surface area contributed by atoms with Gasteiger partial charge in [-0.2, -0.15) is 0 Å². The van der Waals surface area contributed by atoms with Crippen LogP contribution in [0.2, 0.25) is 0 Å². The van der Waals surface area contributed by atoms with E-state index in [2.05, 4.69) is 127 Å². The maximum atomic E-state index is 2.63. The molecule has 1 atom stereocenters. The Bertz CT molecular complexity index is 1060. The molecule has 1 aliphatic carbocycles. The summed E-state index contributed by atoms with van der Waals surface area (Å²) >= 11 is 1.95. The third-order valence-corrected chi connectivity index (χ3v) is 12.1. The van der Waals surface area contributed by atoms with Crippen molar-refractivity contribution < 1.29 is 0 Å². The molecule has 1 aliphatic rings. The number of benzene rings is 4. The summed E-state index contributed by atoms with van der Waals surface area (Å²) in [7, 11) is -1.86. The molecule has 32 heavy (non-hydrogen) atoms. The minimum Gasteiger partial charge on any atom is -0.0947 e. The fourth-order valence-corrected chi connectivity index (χ4v) is 11.0. The van der Waals surface area contributed by atoms with Crippen molar-refractivity contribution in [2.75, 3.05) is 0 Å². The highest BCUT2D eigenvalue weighted by Crippen LogP contribution is 2.63. The summed E-state index contributed by atoms with van der Waals surface area (Å²) in [6.07, 6.45) is 6.27. The van der Waals surface area contributed by atoms with E-state index in [0.29, 0.717) is 5.66 Å². The van der Waals surface area contributed by atoms with Gasteiger partial charge in [-0.1, -0.05) is 84.6 Å². The lowest BCUT2D eigenvalue weighted by molar-refractivity contribution is 0.728. The Kier molecular flexibility index (Phi) is 6.58. The number of hydrogen-bond acceptors (Lipinski definition) is 1. The van der Waals surface area contributed by atoms with Crippen molar-refractivity contribution in [3.63, 3.8) is 0 Å². The summed E-state index contributed by atoms with van der Waals surface area (Å²) in [5.74, 6) is 0. The standard InChI is InChI=1S/C30H28PS/c1-5-14-25(15-6-1)31(26-16-7-2-8-17-26,27-18-9-3-10-19-27)28-20-13-23-30(24-28)32-29-21-11-4-12-22-29/h1-12,14-19,21-22,24,28H,13,20,23H2/q+1/t28-/m0/s1. The van der Waals surface area contributed by atoms with Crippen LogP contribution < -0.4 is 15.9 Å². The van der Waals surface area contributed by atoms with E-state index in [1.807, 2.05) is 11.8 Å². The summed E-state index contributed by atoms with van der Waals surface area (Å²) in [5.41, 5.74) is 0.495. The van der Waals surface area contributed by atoms with Gasteiger partial charge in [0.25, 0.3) is 0 Å². The second-order valence-electron chi connectivity index (χ2n) is 8.24. The second kappa shape index (κ2) is 9.90. The molecular formula is C30H28PS+. The third-order valence-electron chi connectivity index (χ3n) is 6.28. The highest BCUT2D eigenvalue weighted by molar-refractivity contribution is 8.03. The van der Waals surface area contributed by atoms with Gasteiger partial charge < -0.3 is 0 Å². The molecule has 158 valence electrons. The fraction of sp³-hybridized carbons (Fsp3) is 0.133. The van der Waals surface area contributed by atoms with Gasteiger partial charge >= 0.3 is 0 Å². The third kappa shape index (κ3) is 4.20. The Balaban J connectivity index is 1.70. The van der Waals surface area contributed by atoms with E-state index in [1.165, 1.54) is 45.0 Å². The van der Waals surface area contributed by atoms with E-state index in [9.17, 15) is 0 Å². The van der Waals surface area contributed by atoms with Crippen LogP contribution in [0.5, 0.6) is 0 Å². The number of hydrogen-bond donors (Lipinski definition) is 0. The van der Waals surface area contributed by atoms with Crippen molar-refractivity contribution in [2.24, 2.45) is 0 Å². The predicted octanol–water partition coefficient (Wildman–Crippen LogP) is 7.21. The molecule has 0 bridgehead atoms. The largest absolute Gasteiger partial charge is 0.118 e. The van der Waals surface area contributed by atoms with Gasteiger partial charge in [-0.15, -0.1) is 0 Å². The summed E-state index contributed by atoms with van der Waals surface area (Å²) in [6, 6.07) is 44.7. The van der Waals surface area contributed by atoms with Crippen LogP contribution in [-0.2, 0) is 0 Å². The molecule has 0 aliphatic heterocycles. The van der Waals surface area contributed by atoms with Gasteiger partial charge in [-0.3, -0.25) is 0 Å². The number of allylic oxidation sites excluding steroid dienone is 2. The first-order valence-corrected chi connectivity index (χ1v) is 14.0. The molecule has 0 nitrogen and oxygen atoms in total. The monoisotopic (exact) mass is 451 g/mol. The van der Waals surface area contributed by atoms with E-state index in [-0.39, 0.29) is 0 Å². The average Bonchev–Trinajstić information content (AvgIpc) is 2.88. The van der Waals surface area contributed by atoms with Gasteiger partial charge in [0, 0.05) is 4.90 Å². The van der Waals surface area contributed by atoms with E-state index in [0.717, 1.165) is 0 Å². The van der Waals surface area contributed by atoms with E-state index < -0.39 is 7.26 Å². The van der Waals surface area contributed by atoms with Crippen LogP contribution in [0.25, 0.3) is 0 Å². The molecule has 0 saturated carbocycles. The van der Waals surface area contributed by atoms with Crippen LogP contribution in [0.4, 0.5) is 0 Å². The Morgan fingerprint density at radius 2 is 1.00 bits per heavy atom. The van der Waals surface area contributed by atoms with Crippen LogP contribution in [0, 0.1) is 0 Å². The lowest BCUT2D eigenvalue weighted by Crippen LogP contribution is -2.38. The lowest BCUT2D eigenvalue weighted by atomic mass is 10.1. The molecular weight excluding hydrogens is 423 g/mol. The topological polar surface area (TPSA) is 0 Å². The SMILES string of the molecule is C1=C(Sc2ccccc2)CCC[C@@H]1[P+](c1ccccc1)(c1ccccc1)c1ccccc1. The highest BCUT2D eigenvalue weighted by atomic mass is 32.2. The molecule has 0 radical (unpaired) electrons. The number of rotatable bonds is 6. The molecule has 5 rings (SSSR count). The molecule has 0 spiro atoms. The van der Waals surface area contributed by atoms with Gasteiger partial charge in [-0.25, -0.2) is 0 Å². The Morgan fingerprint density at radius 3 is 1.47 bits per heavy atom. The molecule has 0 N–H and O–H groups in total. The fourth-order valence-electron chi connectivity index (χ4n) is 4.91. The second-order valence-corrected chi connectivity index (χ2v) is 13.1. The van der Waals surface area contributed by atoms with Crippen molar-refractivity contribution in [1.82, 2.24) is 0 Å². The molecule has 4 aromatic carbocycles. The predicted molar refractivity (Wildman–Crippen MR) is 143 cm³/mol. The van der Waals surface area contributed by atoms with Crippen LogP contribution in [0.1, 0.15) is 19.3 Å². The van der Waals surface area contributed by atoms with Crippen molar-refractivity contribution in [3.8, 4) is 0 Å². The Morgan fingerprint density at radius 1 is 0.562 bits per heavy atom. The van der Waals surface area contributed by atoms with Crippen molar-refractivity contribution in [1.29, 1.82) is 0 Å². The summed E-state index contributed by atoms with van der Waals surface area (Å²) in [4.78, 5) is 2.85. The Labute approximate surface area is 196 Å². The van der Waals surface area contributed by atoms with Gasteiger partial charge in [-0.05, 0) is 78.8 Å². The molecule has 0 amide bonds. The van der Waals surface area contributed by atoms with Gasteiger partial charge in [0.05, 0.1) is 0 Å². The first kappa shape index (κ1) is 21.3. The van der Waals surface area contributed by atoms with Crippen LogP contribution >= 0.6 is 19.0 Å². The zero-order valence-corrected chi connectivity index (χ0v) is 19.9. The van der Waals surface area contributed by atoms with Gasteiger partial charge in [0.2, 0.25) is 0 Å². The smallest absolute Gasteiger partial charge is 0.0947 e. The van der Waals surface area contributed by atoms with Crippen molar-refractivity contribution in [3.05, 3.63) is 132 Å². The zero-order chi connectivity index (χ0) is 21.6. The quantitative estimate of drug-likeness (QED) is 0.279. The van der Waals surface area contributed by atoms with Gasteiger partial charge in [0.15, 0.2) is 0 Å². The molecule has 0 heterocycles. The van der Waals surface area contributed by atoms with E-state index in [1.54, 1.807) is 0 Å². The minimum absolute atomic E-state index is 0.495. The Hall–Kier alpha value is -2.60. The number of thioether (sulfide) groups is 1. The maximum absolute atomic E-state index is 2.63. The molecule has 0 aromatic heterocycles. The van der Waals surface area contributed by atoms with Crippen LogP contribution in [0.3, 0.4) is 0 Å². The molecule has 2 heteroatoms. The lowest BCUT2D eigenvalue weighted by Gasteiger charge is -2.35. The molecule has 4 aromatic rings. The molecule has 0 fully saturated rings. The first-order chi connectivity index (χ1) is 15.9. The van der Waals surface area contributed by atoms with Gasteiger partial charge in [0.1, 0.15) is 28.8 Å². The van der Waals surface area contributed by atoms with Crippen molar-refractivity contribution >= 4 is 34.9 Å². The normalized spacial score (nSPS) is 16.4.